The van der Waals surface area contributed by atoms with Crippen molar-refractivity contribution in [3.05, 3.63) is 47.0 Å². The molecule has 0 atom stereocenters. The van der Waals surface area contributed by atoms with Gasteiger partial charge in [-0.15, -0.1) is 11.3 Å². The van der Waals surface area contributed by atoms with Crippen molar-refractivity contribution in [2.45, 2.75) is 0 Å². The highest BCUT2D eigenvalue weighted by Crippen LogP contribution is 2.35. The lowest BCUT2D eigenvalue weighted by molar-refractivity contribution is 0.164. The minimum Gasteiger partial charge on any atom is -0.486 e. The number of hydrogen-bond acceptors (Lipinski definition) is 5. The summed E-state index contributed by atoms with van der Waals surface area (Å²) in [6.07, 6.45) is 6.93. The van der Waals surface area contributed by atoms with Crippen molar-refractivity contribution in [1.29, 1.82) is 0 Å². The number of halogens is 1. The van der Waals surface area contributed by atoms with Gasteiger partial charge in [0.15, 0.2) is 17.3 Å². The van der Waals surface area contributed by atoms with Crippen LogP contribution in [0.2, 0.25) is 0 Å². The van der Waals surface area contributed by atoms with Gasteiger partial charge in [0.25, 0.3) is 0 Å². The molecular weight excluding hydrogens is 303 g/mol. The van der Waals surface area contributed by atoms with E-state index in [1.54, 1.807) is 36.7 Å². The summed E-state index contributed by atoms with van der Waals surface area (Å²) in [6.45, 7) is 0.809. The lowest BCUT2D eigenvalue weighted by atomic mass is 10.1. The lowest BCUT2D eigenvalue weighted by Crippen LogP contribution is -2.16. The SMILES string of the molecule is Fc1c(/C=C/c2nc3cnccc3s2)ccc2c1OCCO2. The summed E-state index contributed by atoms with van der Waals surface area (Å²) in [4.78, 5) is 8.47. The summed E-state index contributed by atoms with van der Waals surface area (Å²) in [5.41, 5.74) is 1.29. The summed E-state index contributed by atoms with van der Waals surface area (Å²) in [5.74, 6) is 0.227. The zero-order valence-corrected chi connectivity index (χ0v) is 12.3. The third-order valence-corrected chi connectivity index (χ3v) is 4.29. The highest BCUT2D eigenvalue weighted by molar-refractivity contribution is 7.19. The molecule has 0 saturated carbocycles. The Bertz CT molecular complexity index is 843. The van der Waals surface area contributed by atoms with Gasteiger partial charge in [-0.1, -0.05) is 0 Å². The van der Waals surface area contributed by atoms with Crippen molar-refractivity contribution in [2.24, 2.45) is 0 Å². The first-order chi connectivity index (χ1) is 10.8. The van der Waals surface area contributed by atoms with Crippen LogP contribution in [0.5, 0.6) is 11.5 Å². The first-order valence-electron chi connectivity index (χ1n) is 6.78. The zero-order valence-electron chi connectivity index (χ0n) is 11.5. The lowest BCUT2D eigenvalue weighted by Gasteiger charge is -2.19. The second kappa shape index (κ2) is 5.38. The third-order valence-electron chi connectivity index (χ3n) is 3.29. The predicted octanol–water partition coefficient (Wildman–Crippen LogP) is 3.77. The second-order valence-electron chi connectivity index (χ2n) is 4.72. The molecule has 0 saturated heterocycles. The fourth-order valence-electron chi connectivity index (χ4n) is 2.26. The Morgan fingerprint density at radius 3 is 2.95 bits per heavy atom. The van der Waals surface area contributed by atoms with Crippen molar-refractivity contribution in [2.75, 3.05) is 13.2 Å². The molecule has 0 aliphatic carbocycles. The van der Waals surface area contributed by atoms with Gasteiger partial charge in [0, 0.05) is 11.8 Å². The van der Waals surface area contributed by atoms with E-state index in [1.165, 1.54) is 11.3 Å². The van der Waals surface area contributed by atoms with Crippen LogP contribution in [0.3, 0.4) is 0 Å². The molecule has 3 heterocycles. The van der Waals surface area contributed by atoms with E-state index < -0.39 is 5.82 Å². The molecule has 2 aromatic heterocycles. The maximum Gasteiger partial charge on any atom is 0.197 e. The van der Waals surface area contributed by atoms with Crippen LogP contribution in [-0.4, -0.2) is 23.2 Å². The molecular formula is C16H11FN2O2S. The number of aromatic nitrogens is 2. The Hall–Kier alpha value is -2.47. The molecule has 0 radical (unpaired) electrons. The molecule has 0 fully saturated rings. The normalized spacial score (nSPS) is 13.9. The van der Waals surface area contributed by atoms with Crippen LogP contribution in [0.15, 0.2) is 30.6 Å². The van der Waals surface area contributed by atoms with Gasteiger partial charge in [0.2, 0.25) is 0 Å². The minimum absolute atomic E-state index is 0.182. The highest BCUT2D eigenvalue weighted by atomic mass is 32.1. The van der Waals surface area contributed by atoms with Gasteiger partial charge in [-0.3, -0.25) is 4.98 Å². The molecule has 1 aliphatic rings. The molecule has 0 bridgehead atoms. The van der Waals surface area contributed by atoms with Crippen LogP contribution in [0.4, 0.5) is 4.39 Å². The van der Waals surface area contributed by atoms with Gasteiger partial charge < -0.3 is 9.47 Å². The van der Waals surface area contributed by atoms with E-state index in [2.05, 4.69) is 9.97 Å². The number of pyridine rings is 1. The van der Waals surface area contributed by atoms with Crippen molar-refractivity contribution >= 4 is 33.7 Å². The predicted molar refractivity (Wildman–Crippen MR) is 83.7 cm³/mol. The molecule has 0 amide bonds. The number of hydrogen-bond donors (Lipinski definition) is 0. The van der Waals surface area contributed by atoms with Gasteiger partial charge in [0.1, 0.15) is 23.7 Å². The van der Waals surface area contributed by atoms with Crippen LogP contribution in [0.25, 0.3) is 22.4 Å². The van der Waals surface area contributed by atoms with Crippen molar-refractivity contribution < 1.29 is 13.9 Å². The molecule has 3 aromatic rings. The van der Waals surface area contributed by atoms with Crippen molar-refractivity contribution in [3.8, 4) is 11.5 Å². The number of nitrogens with zero attached hydrogens (tertiary/aromatic N) is 2. The molecule has 0 unspecified atom stereocenters. The number of benzene rings is 1. The quantitative estimate of drug-likeness (QED) is 0.722. The number of fused-ring (bicyclic) bond motifs is 2. The first kappa shape index (κ1) is 13.2. The van der Waals surface area contributed by atoms with Crippen LogP contribution in [-0.2, 0) is 0 Å². The average Bonchev–Trinajstić information content (AvgIpc) is 2.97. The maximum absolute atomic E-state index is 14.4. The van der Waals surface area contributed by atoms with Gasteiger partial charge in [-0.25, -0.2) is 9.37 Å². The van der Waals surface area contributed by atoms with E-state index in [0.717, 1.165) is 15.2 Å². The molecule has 1 aliphatic heterocycles. The Kier molecular flexibility index (Phi) is 3.23. The van der Waals surface area contributed by atoms with Crippen LogP contribution in [0.1, 0.15) is 10.6 Å². The molecule has 1 aromatic carbocycles. The van der Waals surface area contributed by atoms with E-state index in [4.69, 9.17) is 9.47 Å². The second-order valence-corrected chi connectivity index (χ2v) is 5.78. The summed E-state index contributed by atoms with van der Waals surface area (Å²) in [5, 5.41) is 0.803. The maximum atomic E-state index is 14.4. The zero-order chi connectivity index (χ0) is 14.9. The van der Waals surface area contributed by atoms with Gasteiger partial charge >= 0.3 is 0 Å². The fraction of sp³-hybridized carbons (Fsp3) is 0.125. The van der Waals surface area contributed by atoms with Crippen LogP contribution in [0, 0.1) is 5.82 Å². The molecule has 4 rings (SSSR count). The van der Waals surface area contributed by atoms with E-state index in [1.807, 2.05) is 6.07 Å². The monoisotopic (exact) mass is 314 g/mol. The Morgan fingerprint density at radius 2 is 2.05 bits per heavy atom. The van der Waals surface area contributed by atoms with E-state index in [9.17, 15) is 4.39 Å². The Labute approximate surface area is 129 Å². The van der Waals surface area contributed by atoms with Gasteiger partial charge in [-0.05, 0) is 30.4 Å². The molecule has 4 nitrogen and oxygen atoms in total. The molecule has 110 valence electrons. The Morgan fingerprint density at radius 1 is 1.14 bits per heavy atom. The number of rotatable bonds is 2. The molecule has 0 N–H and O–H groups in total. The average molecular weight is 314 g/mol. The fourth-order valence-corrected chi connectivity index (χ4v) is 3.09. The van der Waals surface area contributed by atoms with Gasteiger partial charge in [-0.2, -0.15) is 0 Å². The summed E-state index contributed by atoms with van der Waals surface area (Å²) >= 11 is 1.53. The number of thiazole rings is 1. The third kappa shape index (κ3) is 2.31. The van der Waals surface area contributed by atoms with Crippen LogP contribution >= 0.6 is 11.3 Å². The number of ether oxygens (including phenoxy) is 2. The molecule has 22 heavy (non-hydrogen) atoms. The van der Waals surface area contributed by atoms with E-state index in [0.29, 0.717) is 24.5 Å². The molecule has 0 spiro atoms. The van der Waals surface area contributed by atoms with Gasteiger partial charge in [0.05, 0.1) is 10.9 Å². The van der Waals surface area contributed by atoms with Crippen LogP contribution < -0.4 is 9.47 Å². The summed E-state index contributed by atoms with van der Waals surface area (Å²) < 4.78 is 26.1. The molecule has 6 heteroatoms. The minimum atomic E-state index is -0.406. The first-order valence-corrected chi connectivity index (χ1v) is 7.59. The van der Waals surface area contributed by atoms with E-state index >= 15 is 0 Å². The summed E-state index contributed by atoms with van der Waals surface area (Å²) in [7, 11) is 0. The van der Waals surface area contributed by atoms with E-state index in [-0.39, 0.29) is 5.75 Å². The highest BCUT2D eigenvalue weighted by Gasteiger charge is 2.18. The standard InChI is InChI=1S/C16H11FN2O2S/c17-15-10(1-3-12-16(15)21-8-7-20-12)2-4-14-19-11-9-18-6-5-13(11)22-14/h1-6,9H,7-8H2/b4-2+. The van der Waals surface area contributed by atoms with Crippen molar-refractivity contribution in [3.63, 3.8) is 0 Å². The smallest absolute Gasteiger partial charge is 0.197 e. The topological polar surface area (TPSA) is 44.2 Å². The summed E-state index contributed by atoms with van der Waals surface area (Å²) in [6, 6.07) is 5.31. The Balaban J connectivity index is 1.68. The van der Waals surface area contributed by atoms with Crippen molar-refractivity contribution in [1.82, 2.24) is 9.97 Å². The largest absolute Gasteiger partial charge is 0.486 e.